The van der Waals surface area contributed by atoms with Gasteiger partial charge in [0.25, 0.3) is 0 Å². The average Bonchev–Trinajstić information content (AvgIpc) is 2.57. The van der Waals surface area contributed by atoms with E-state index in [2.05, 4.69) is 59.4 Å². The van der Waals surface area contributed by atoms with E-state index in [9.17, 15) is 0 Å². The third kappa shape index (κ3) is 3.37. The van der Waals surface area contributed by atoms with Gasteiger partial charge in [0, 0.05) is 38.6 Å². The largest absolute Gasteiger partial charge is 0.314 e. The summed E-state index contributed by atoms with van der Waals surface area (Å²) in [6.45, 7) is 8.74. The first-order chi connectivity index (χ1) is 10.8. The second-order valence-electron chi connectivity index (χ2n) is 6.30. The van der Waals surface area contributed by atoms with Crippen LogP contribution >= 0.6 is 0 Å². The molecule has 1 fully saturated rings. The predicted molar refractivity (Wildman–Crippen MR) is 91.1 cm³/mol. The molecule has 3 rings (SSSR count). The molecule has 1 atom stereocenters. The second kappa shape index (κ2) is 7.03. The number of piperazine rings is 1. The fraction of sp³-hybridized carbons (Fsp3) is 0.421. The highest BCUT2D eigenvalue weighted by Gasteiger charge is 2.23. The van der Waals surface area contributed by atoms with Crippen LogP contribution in [0.4, 0.5) is 0 Å². The van der Waals surface area contributed by atoms with Gasteiger partial charge in [0.15, 0.2) is 0 Å². The molecule has 0 amide bonds. The van der Waals surface area contributed by atoms with Crippen molar-refractivity contribution in [2.24, 2.45) is 0 Å². The van der Waals surface area contributed by atoms with Crippen LogP contribution in [0.3, 0.4) is 0 Å². The molecule has 1 aliphatic rings. The summed E-state index contributed by atoms with van der Waals surface area (Å²) >= 11 is 0. The molecule has 1 unspecified atom stereocenters. The minimum atomic E-state index is 0.303. The minimum absolute atomic E-state index is 0.303. The Morgan fingerprint density at radius 2 is 1.64 bits per heavy atom. The molecule has 2 heterocycles. The summed E-state index contributed by atoms with van der Waals surface area (Å²) in [7, 11) is 0. The molecule has 0 spiro atoms. The molecule has 1 saturated heterocycles. The zero-order valence-corrected chi connectivity index (χ0v) is 13.5. The summed E-state index contributed by atoms with van der Waals surface area (Å²) in [5.74, 6) is 0.574. The Kier molecular flexibility index (Phi) is 4.86. The van der Waals surface area contributed by atoms with Crippen molar-refractivity contribution in [3.8, 4) is 0 Å². The summed E-state index contributed by atoms with van der Waals surface area (Å²) in [4.78, 5) is 6.88. The lowest BCUT2D eigenvalue weighted by Gasteiger charge is -2.35. The number of aromatic nitrogens is 1. The Bertz CT molecular complexity index is 571. The summed E-state index contributed by atoms with van der Waals surface area (Å²) in [6, 6.07) is 13.6. The van der Waals surface area contributed by atoms with Gasteiger partial charge in [0.1, 0.15) is 0 Å². The Hall–Kier alpha value is -1.71. The Morgan fingerprint density at radius 1 is 0.955 bits per heavy atom. The molecule has 116 valence electrons. The summed E-state index contributed by atoms with van der Waals surface area (Å²) in [6.07, 6.45) is 3.85. The van der Waals surface area contributed by atoms with Gasteiger partial charge in [-0.25, -0.2) is 0 Å². The predicted octanol–water partition coefficient (Wildman–Crippen LogP) is 3.20. The zero-order chi connectivity index (χ0) is 15.4. The first kappa shape index (κ1) is 15.2. The van der Waals surface area contributed by atoms with E-state index >= 15 is 0 Å². The van der Waals surface area contributed by atoms with E-state index in [1.54, 1.807) is 0 Å². The molecule has 2 aromatic rings. The van der Waals surface area contributed by atoms with Crippen molar-refractivity contribution in [2.45, 2.75) is 25.8 Å². The molecule has 1 N–H and O–H groups in total. The lowest BCUT2D eigenvalue weighted by Crippen LogP contribution is -2.45. The van der Waals surface area contributed by atoms with Gasteiger partial charge in [-0.15, -0.1) is 0 Å². The van der Waals surface area contributed by atoms with E-state index in [-0.39, 0.29) is 0 Å². The first-order valence-electron chi connectivity index (χ1n) is 8.20. The van der Waals surface area contributed by atoms with Gasteiger partial charge in [0.05, 0.1) is 6.04 Å². The molecule has 3 nitrogen and oxygen atoms in total. The molecular formula is C19H25N3. The van der Waals surface area contributed by atoms with Crippen molar-refractivity contribution < 1.29 is 0 Å². The number of benzene rings is 1. The normalized spacial score (nSPS) is 17.6. The fourth-order valence-corrected chi connectivity index (χ4v) is 3.16. The van der Waals surface area contributed by atoms with Crippen LogP contribution in [0.25, 0.3) is 0 Å². The summed E-state index contributed by atoms with van der Waals surface area (Å²) in [5.41, 5.74) is 4.04. The van der Waals surface area contributed by atoms with E-state index in [0.717, 1.165) is 26.2 Å². The summed E-state index contributed by atoms with van der Waals surface area (Å²) in [5, 5.41) is 3.44. The lowest BCUT2D eigenvalue weighted by atomic mass is 9.94. The van der Waals surface area contributed by atoms with Gasteiger partial charge in [-0.3, -0.25) is 9.88 Å². The van der Waals surface area contributed by atoms with Crippen molar-refractivity contribution >= 4 is 0 Å². The SMILES string of the molecule is CC(C)c1ccc(C(c2cccnc2)N2CCNCC2)cc1. The van der Waals surface area contributed by atoms with Gasteiger partial charge < -0.3 is 5.32 Å². The van der Waals surface area contributed by atoms with Crippen LogP contribution in [0.1, 0.15) is 42.5 Å². The Morgan fingerprint density at radius 3 is 2.23 bits per heavy atom. The van der Waals surface area contributed by atoms with E-state index < -0.39 is 0 Å². The smallest absolute Gasteiger partial charge is 0.0617 e. The number of pyridine rings is 1. The molecule has 0 aliphatic carbocycles. The maximum atomic E-state index is 4.33. The highest BCUT2D eigenvalue weighted by atomic mass is 15.2. The number of nitrogens with one attached hydrogen (secondary N) is 1. The maximum absolute atomic E-state index is 4.33. The Labute approximate surface area is 133 Å². The number of hydrogen-bond acceptors (Lipinski definition) is 3. The van der Waals surface area contributed by atoms with Gasteiger partial charge in [-0.05, 0) is 28.7 Å². The fourth-order valence-electron chi connectivity index (χ4n) is 3.16. The van der Waals surface area contributed by atoms with Crippen LogP contribution in [0.15, 0.2) is 48.8 Å². The monoisotopic (exact) mass is 295 g/mol. The van der Waals surface area contributed by atoms with Crippen LogP contribution in [-0.4, -0.2) is 36.1 Å². The molecule has 1 aromatic heterocycles. The van der Waals surface area contributed by atoms with E-state index in [0.29, 0.717) is 12.0 Å². The summed E-state index contributed by atoms with van der Waals surface area (Å²) < 4.78 is 0. The Balaban J connectivity index is 1.93. The quantitative estimate of drug-likeness (QED) is 0.939. The van der Waals surface area contributed by atoms with Crippen LogP contribution in [0.5, 0.6) is 0 Å². The van der Waals surface area contributed by atoms with Crippen molar-refractivity contribution in [2.75, 3.05) is 26.2 Å². The third-order valence-electron chi connectivity index (χ3n) is 4.44. The number of nitrogens with zero attached hydrogens (tertiary/aromatic N) is 2. The van der Waals surface area contributed by atoms with Crippen LogP contribution in [-0.2, 0) is 0 Å². The topological polar surface area (TPSA) is 28.2 Å². The van der Waals surface area contributed by atoms with Crippen molar-refractivity contribution in [1.29, 1.82) is 0 Å². The molecule has 1 aromatic carbocycles. The maximum Gasteiger partial charge on any atom is 0.0617 e. The minimum Gasteiger partial charge on any atom is -0.314 e. The van der Waals surface area contributed by atoms with Crippen LogP contribution in [0.2, 0.25) is 0 Å². The average molecular weight is 295 g/mol. The first-order valence-corrected chi connectivity index (χ1v) is 8.20. The van der Waals surface area contributed by atoms with Crippen molar-refractivity contribution in [3.05, 3.63) is 65.5 Å². The highest BCUT2D eigenvalue weighted by molar-refractivity contribution is 5.33. The number of hydrogen-bond donors (Lipinski definition) is 1. The van der Waals surface area contributed by atoms with Crippen LogP contribution < -0.4 is 5.32 Å². The van der Waals surface area contributed by atoms with E-state index in [1.165, 1.54) is 16.7 Å². The second-order valence-corrected chi connectivity index (χ2v) is 6.30. The van der Waals surface area contributed by atoms with Crippen LogP contribution in [0, 0.1) is 0 Å². The molecule has 0 radical (unpaired) electrons. The molecule has 1 aliphatic heterocycles. The molecule has 0 saturated carbocycles. The van der Waals surface area contributed by atoms with E-state index in [4.69, 9.17) is 0 Å². The van der Waals surface area contributed by atoms with Crippen molar-refractivity contribution in [3.63, 3.8) is 0 Å². The lowest BCUT2D eigenvalue weighted by molar-refractivity contribution is 0.198. The standard InChI is InChI=1S/C19H25N3/c1-15(2)16-5-7-17(8-6-16)19(18-4-3-9-21-14-18)22-12-10-20-11-13-22/h3-9,14-15,19-20H,10-13H2,1-2H3. The van der Waals surface area contributed by atoms with Gasteiger partial charge in [-0.1, -0.05) is 44.2 Å². The molecular weight excluding hydrogens is 270 g/mol. The molecule has 22 heavy (non-hydrogen) atoms. The molecule has 3 heteroatoms. The van der Waals surface area contributed by atoms with Gasteiger partial charge >= 0.3 is 0 Å². The number of rotatable bonds is 4. The third-order valence-corrected chi connectivity index (χ3v) is 4.44. The van der Waals surface area contributed by atoms with Gasteiger partial charge in [0.2, 0.25) is 0 Å². The van der Waals surface area contributed by atoms with E-state index in [1.807, 2.05) is 18.5 Å². The zero-order valence-electron chi connectivity index (χ0n) is 13.5. The van der Waals surface area contributed by atoms with Gasteiger partial charge in [-0.2, -0.15) is 0 Å². The van der Waals surface area contributed by atoms with Crippen molar-refractivity contribution in [1.82, 2.24) is 15.2 Å². The molecule has 0 bridgehead atoms. The highest BCUT2D eigenvalue weighted by Crippen LogP contribution is 2.29.